The number of nitrogens with one attached hydrogen (secondary N) is 1. The average molecular weight is 276 g/mol. The minimum atomic E-state index is -0.0221. The highest BCUT2D eigenvalue weighted by atomic mass is 15.5. The summed E-state index contributed by atoms with van der Waals surface area (Å²) in [4.78, 5) is 2.36. The number of likely N-dealkylation sites (N-methyl/N-ethyl adjacent to an activating group) is 1. The lowest BCUT2D eigenvalue weighted by atomic mass is 9.94. The largest absolute Gasteiger partial charge is 0.329 e. The van der Waals surface area contributed by atoms with E-state index in [1.54, 1.807) is 0 Å². The van der Waals surface area contributed by atoms with Gasteiger partial charge in [0, 0.05) is 38.3 Å². The maximum absolute atomic E-state index is 6.02. The van der Waals surface area contributed by atoms with Gasteiger partial charge < -0.3 is 10.6 Å². The predicted octanol–water partition coefficient (Wildman–Crippen LogP) is 1.09. The number of benzene rings is 1. The lowest BCUT2D eigenvalue weighted by Crippen LogP contribution is -2.60. The van der Waals surface area contributed by atoms with Crippen LogP contribution in [-0.4, -0.2) is 55.2 Å². The van der Waals surface area contributed by atoms with E-state index < -0.39 is 0 Å². The normalized spacial score (nSPS) is 20.8. The molecule has 112 valence electrons. The minimum absolute atomic E-state index is 0.0221. The van der Waals surface area contributed by atoms with E-state index in [4.69, 9.17) is 5.73 Å². The molecular formula is C16H28N4. The molecule has 3 N–H and O–H groups in total. The first-order valence-corrected chi connectivity index (χ1v) is 7.57. The lowest BCUT2D eigenvalue weighted by Gasteiger charge is -2.40. The molecule has 0 saturated carbocycles. The van der Waals surface area contributed by atoms with Gasteiger partial charge in [0.1, 0.15) is 0 Å². The van der Waals surface area contributed by atoms with Crippen LogP contribution in [-0.2, 0) is 6.42 Å². The molecule has 0 radical (unpaired) electrons. The zero-order valence-corrected chi connectivity index (χ0v) is 12.8. The molecule has 1 fully saturated rings. The van der Waals surface area contributed by atoms with Crippen LogP contribution in [0.15, 0.2) is 30.3 Å². The zero-order chi connectivity index (χ0) is 14.4. The van der Waals surface area contributed by atoms with Crippen molar-refractivity contribution < 1.29 is 0 Å². The van der Waals surface area contributed by atoms with Crippen molar-refractivity contribution in [1.29, 1.82) is 0 Å². The van der Waals surface area contributed by atoms with Crippen molar-refractivity contribution in [3.05, 3.63) is 35.9 Å². The third-order valence-electron chi connectivity index (χ3n) is 4.19. The van der Waals surface area contributed by atoms with Crippen LogP contribution in [0.3, 0.4) is 0 Å². The predicted molar refractivity (Wildman–Crippen MR) is 84.4 cm³/mol. The molecule has 0 bridgehead atoms. The molecule has 1 aromatic rings. The van der Waals surface area contributed by atoms with Crippen molar-refractivity contribution in [2.24, 2.45) is 5.73 Å². The van der Waals surface area contributed by atoms with Crippen LogP contribution in [0.5, 0.6) is 0 Å². The molecule has 4 heteroatoms. The Morgan fingerprint density at radius 1 is 1.15 bits per heavy atom. The van der Waals surface area contributed by atoms with Gasteiger partial charge in [-0.05, 0) is 32.4 Å². The first kappa shape index (κ1) is 15.4. The first-order valence-electron chi connectivity index (χ1n) is 7.57. The van der Waals surface area contributed by atoms with Crippen LogP contribution < -0.4 is 11.2 Å². The van der Waals surface area contributed by atoms with E-state index in [9.17, 15) is 0 Å². The van der Waals surface area contributed by atoms with E-state index >= 15 is 0 Å². The number of nitrogens with zero attached hydrogens (tertiary/aromatic N) is 2. The standard InChI is InChI=1S/C16H28N4/c1-16(14-17,9-8-15-6-4-3-5-7-15)18-20-12-10-19(2)11-13-20/h3-7,18H,8-14,17H2,1-2H3. The molecular weight excluding hydrogens is 248 g/mol. The highest BCUT2D eigenvalue weighted by molar-refractivity contribution is 5.15. The molecule has 1 unspecified atom stereocenters. The Labute approximate surface area is 122 Å². The third kappa shape index (κ3) is 4.56. The zero-order valence-electron chi connectivity index (χ0n) is 12.8. The molecule has 1 aliphatic rings. The first-order chi connectivity index (χ1) is 9.61. The van der Waals surface area contributed by atoms with Gasteiger partial charge in [-0.2, -0.15) is 0 Å². The number of piperazine rings is 1. The molecule has 0 spiro atoms. The second-order valence-electron chi connectivity index (χ2n) is 6.15. The molecule has 1 atom stereocenters. The SMILES string of the molecule is CN1CCN(NC(C)(CN)CCc2ccccc2)CC1. The van der Waals surface area contributed by atoms with E-state index in [2.05, 4.69) is 59.6 Å². The summed E-state index contributed by atoms with van der Waals surface area (Å²) in [6.07, 6.45) is 2.12. The van der Waals surface area contributed by atoms with Gasteiger partial charge in [-0.1, -0.05) is 30.3 Å². The summed E-state index contributed by atoms with van der Waals surface area (Å²) in [5, 5.41) is 2.33. The van der Waals surface area contributed by atoms with Crippen LogP contribution in [0.4, 0.5) is 0 Å². The summed E-state index contributed by atoms with van der Waals surface area (Å²) < 4.78 is 0. The van der Waals surface area contributed by atoms with Gasteiger partial charge in [-0.25, -0.2) is 10.4 Å². The highest BCUT2D eigenvalue weighted by Gasteiger charge is 2.26. The van der Waals surface area contributed by atoms with Crippen LogP contribution in [0.2, 0.25) is 0 Å². The van der Waals surface area contributed by atoms with Gasteiger partial charge in [-0.15, -0.1) is 0 Å². The Balaban J connectivity index is 1.85. The average Bonchev–Trinajstić information content (AvgIpc) is 2.49. The van der Waals surface area contributed by atoms with E-state index in [1.807, 2.05) is 0 Å². The molecule has 0 aromatic heterocycles. The lowest BCUT2D eigenvalue weighted by molar-refractivity contribution is 0.0577. The van der Waals surface area contributed by atoms with Crippen LogP contribution in [0, 0.1) is 0 Å². The Hall–Kier alpha value is -0.940. The topological polar surface area (TPSA) is 44.5 Å². The quantitative estimate of drug-likeness (QED) is 0.816. The Bertz CT molecular complexity index is 387. The van der Waals surface area contributed by atoms with Crippen molar-refractivity contribution in [1.82, 2.24) is 15.3 Å². The molecule has 1 heterocycles. The molecule has 0 amide bonds. The van der Waals surface area contributed by atoms with Gasteiger partial charge in [0.05, 0.1) is 0 Å². The van der Waals surface area contributed by atoms with Crippen LogP contribution in [0.1, 0.15) is 18.9 Å². The fourth-order valence-electron chi connectivity index (χ4n) is 2.57. The van der Waals surface area contributed by atoms with Gasteiger partial charge >= 0.3 is 0 Å². The second-order valence-corrected chi connectivity index (χ2v) is 6.15. The summed E-state index contributed by atoms with van der Waals surface area (Å²) in [7, 11) is 2.18. The number of hydrazine groups is 1. The molecule has 1 aliphatic heterocycles. The summed E-state index contributed by atoms with van der Waals surface area (Å²) in [6, 6.07) is 10.6. The van der Waals surface area contributed by atoms with E-state index in [0.717, 1.165) is 39.0 Å². The molecule has 1 aromatic carbocycles. The van der Waals surface area contributed by atoms with Crippen LogP contribution >= 0.6 is 0 Å². The molecule has 1 saturated heterocycles. The van der Waals surface area contributed by atoms with Crippen molar-refractivity contribution in [3.8, 4) is 0 Å². The number of hydrogen-bond acceptors (Lipinski definition) is 4. The molecule has 0 aliphatic carbocycles. The van der Waals surface area contributed by atoms with Crippen molar-refractivity contribution in [2.45, 2.75) is 25.3 Å². The maximum Gasteiger partial charge on any atom is 0.0423 e. The third-order valence-corrected chi connectivity index (χ3v) is 4.19. The number of nitrogens with two attached hydrogens (primary N) is 1. The Morgan fingerprint density at radius 3 is 2.40 bits per heavy atom. The van der Waals surface area contributed by atoms with Crippen molar-refractivity contribution >= 4 is 0 Å². The summed E-state index contributed by atoms with van der Waals surface area (Å²) in [5.41, 5.74) is 11.0. The fourth-order valence-corrected chi connectivity index (χ4v) is 2.57. The van der Waals surface area contributed by atoms with Crippen molar-refractivity contribution in [3.63, 3.8) is 0 Å². The Kier molecular flexibility index (Phi) is 5.54. The maximum atomic E-state index is 6.02. The fraction of sp³-hybridized carbons (Fsp3) is 0.625. The van der Waals surface area contributed by atoms with Gasteiger partial charge in [0.2, 0.25) is 0 Å². The smallest absolute Gasteiger partial charge is 0.0423 e. The van der Waals surface area contributed by atoms with Crippen molar-refractivity contribution in [2.75, 3.05) is 39.8 Å². The molecule has 20 heavy (non-hydrogen) atoms. The van der Waals surface area contributed by atoms with E-state index in [-0.39, 0.29) is 5.54 Å². The number of rotatable bonds is 6. The second kappa shape index (κ2) is 7.18. The monoisotopic (exact) mass is 276 g/mol. The summed E-state index contributed by atoms with van der Waals surface area (Å²) >= 11 is 0. The number of hydrogen-bond donors (Lipinski definition) is 2. The summed E-state index contributed by atoms with van der Waals surface area (Å²) in [6.45, 7) is 7.26. The van der Waals surface area contributed by atoms with E-state index in [0.29, 0.717) is 6.54 Å². The van der Waals surface area contributed by atoms with Gasteiger partial charge in [-0.3, -0.25) is 0 Å². The number of aryl methyl sites for hydroxylation is 1. The molecule has 2 rings (SSSR count). The van der Waals surface area contributed by atoms with Gasteiger partial charge in [0.25, 0.3) is 0 Å². The highest BCUT2D eigenvalue weighted by Crippen LogP contribution is 2.14. The van der Waals surface area contributed by atoms with Crippen LogP contribution in [0.25, 0.3) is 0 Å². The minimum Gasteiger partial charge on any atom is -0.329 e. The molecule has 4 nitrogen and oxygen atoms in total. The van der Waals surface area contributed by atoms with Gasteiger partial charge in [0.15, 0.2) is 0 Å². The summed E-state index contributed by atoms with van der Waals surface area (Å²) in [5.74, 6) is 0. The Morgan fingerprint density at radius 2 is 1.80 bits per heavy atom. The van der Waals surface area contributed by atoms with E-state index in [1.165, 1.54) is 5.56 Å².